The molecule has 0 spiro atoms. The fourth-order valence-electron chi connectivity index (χ4n) is 1.70. The molecule has 0 radical (unpaired) electrons. The Morgan fingerprint density at radius 2 is 2.05 bits per heavy atom. The molecule has 0 aliphatic heterocycles. The van der Waals surface area contributed by atoms with Crippen molar-refractivity contribution in [1.29, 1.82) is 0 Å². The number of halogens is 3. The lowest BCUT2D eigenvalue weighted by molar-refractivity contribution is 0.0938. The van der Waals surface area contributed by atoms with Crippen molar-refractivity contribution in [2.24, 2.45) is 0 Å². The number of hydrogen-bond donors (Lipinski definition) is 1. The SMILES string of the molecule is CCCC(C)NC(=O)c1cc(S(=O)(=O)Cl)c(Br)cc1Cl. The van der Waals surface area contributed by atoms with Crippen LogP contribution in [-0.2, 0) is 9.05 Å². The first-order valence-corrected chi connectivity index (χ1v) is 9.39. The highest BCUT2D eigenvalue weighted by Crippen LogP contribution is 2.31. The van der Waals surface area contributed by atoms with Crippen LogP contribution in [0.15, 0.2) is 21.5 Å². The summed E-state index contributed by atoms with van der Waals surface area (Å²) in [4.78, 5) is 11.9. The van der Waals surface area contributed by atoms with Gasteiger partial charge >= 0.3 is 0 Å². The van der Waals surface area contributed by atoms with Gasteiger partial charge in [0.2, 0.25) is 0 Å². The largest absolute Gasteiger partial charge is 0.350 e. The molecule has 4 nitrogen and oxygen atoms in total. The van der Waals surface area contributed by atoms with Crippen molar-refractivity contribution in [3.63, 3.8) is 0 Å². The first kappa shape index (κ1) is 17.8. The lowest BCUT2D eigenvalue weighted by atomic mass is 10.1. The summed E-state index contributed by atoms with van der Waals surface area (Å²) in [5, 5.41) is 2.91. The Morgan fingerprint density at radius 1 is 1.45 bits per heavy atom. The van der Waals surface area contributed by atoms with Crippen molar-refractivity contribution in [3.8, 4) is 0 Å². The highest BCUT2D eigenvalue weighted by molar-refractivity contribution is 9.10. The van der Waals surface area contributed by atoms with Crippen LogP contribution in [0.5, 0.6) is 0 Å². The molecule has 1 amide bonds. The van der Waals surface area contributed by atoms with Crippen LogP contribution in [0.3, 0.4) is 0 Å². The lowest BCUT2D eigenvalue weighted by Crippen LogP contribution is -2.32. The third-order valence-corrected chi connectivity index (χ3v) is 5.22. The zero-order valence-corrected chi connectivity index (χ0v) is 14.8. The molecule has 8 heteroatoms. The minimum absolute atomic E-state index is 0.0247. The molecule has 0 heterocycles. The summed E-state index contributed by atoms with van der Waals surface area (Å²) < 4.78 is 23.1. The Labute approximate surface area is 136 Å². The normalized spacial score (nSPS) is 13.1. The Bertz CT molecular complexity index is 619. The summed E-state index contributed by atoms with van der Waals surface area (Å²) in [6.07, 6.45) is 1.75. The van der Waals surface area contributed by atoms with Crippen molar-refractivity contribution >= 4 is 53.2 Å². The number of carbonyl (C=O) groups is 1. The third-order valence-electron chi connectivity index (χ3n) is 2.63. The molecule has 0 aliphatic carbocycles. The van der Waals surface area contributed by atoms with E-state index in [9.17, 15) is 13.2 Å². The van der Waals surface area contributed by atoms with E-state index < -0.39 is 15.0 Å². The Balaban J connectivity index is 3.16. The van der Waals surface area contributed by atoms with Gasteiger partial charge in [0.05, 0.1) is 15.5 Å². The zero-order chi connectivity index (χ0) is 15.5. The van der Waals surface area contributed by atoms with Gasteiger partial charge in [-0.15, -0.1) is 0 Å². The zero-order valence-electron chi connectivity index (χ0n) is 10.9. The molecule has 20 heavy (non-hydrogen) atoms. The van der Waals surface area contributed by atoms with Gasteiger partial charge < -0.3 is 5.32 Å². The van der Waals surface area contributed by atoms with Gasteiger partial charge in [0.15, 0.2) is 0 Å². The fraction of sp³-hybridized carbons (Fsp3) is 0.417. The third kappa shape index (κ3) is 4.62. The van der Waals surface area contributed by atoms with Crippen LogP contribution in [0.2, 0.25) is 5.02 Å². The van der Waals surface area contributed by atoms with Gasteiger partial charge in [0.1, 0.15) is 0 Å². The summed E-state index contributed by atoms with van der Waals surface area (Å²) in [5.74, 6) is -0.426. The van der Waals surface area contributed by atoms with E-state index in [0.29, 0.717) is 0 Å². The maximum absolute atomic E-state index is 12.1. The molecule has 0 bridgehead atoms. The first-order chi connectivity index (χ1) is 9.16. The monoisotopic (exact) mass is 401 g/mol. The molecular weight excluding hydrogens is 389 g/mol. The molecule has 1 unspecified atom stereocenters. The van der Waals surface area contributed by atoms with E-state index in [-0.39, 0.29) is 26.0 Å². The molecule has 0 saturated carbocycles. The Morgan fingerprint density at radius 3 is 2.55 bits per heavy atom. The van der Waals surface area contributed by atoms with Crippen LogP contribution in [0.1, 0.15) is 37.0 Å². The molecule has 1 N–H and O–H groups in total. The quantitative estimate of drug-likeness (QED) is 0.758. The molecule has 1 aromatic carbocycles. The first-order valence-electron chi connectivity index (χ1n) is 5.91. The Hall–Kier alpha value is -0.300. The Kier molecular flexibility index (Phi) is 6.31. The van der Waals surface area contributed by atoms with Gasteiger partial charge in [-0.3, -0.25) is 4.79 Å². The topological polar surface area (TPSA) is 63.2 Å². The van der Waals surface area contributed by atoms with Gasteiger partial charge in [0, 0.05) is 21.2 Å². The second kappa shape index (κ2) is 7.11. The molecule has 112 valence electrons. The maximum Gasteiger partial charge on any atom is 0.262 e. The van der Waals surface area contributed by atoms with Crippen LogP contribution < -0.4 is 5.32 Å². The van der Waals surface area contributed by atoms with Crippen molar-refractivity contribution < 1.29 is 13.2 Å². The van der Waals surface area contributed by atoms with Crippen LogP contribution >= 0.6 is 38.2 Å². The smallest absolute Gasteiger partial charge is 0.262 e. The molecule has 1 atom stereocenters. The standard InChI is InChI=1S/C12H14BrCl2NO3S/c1-3-4-7(2)16-12(17)8-5-11(20(15,18)19)9(13)6-10(8)14/h5-7H,3-4H2,1-2H3,(H,16,17). The number of rotatable bonds is 5. The van der Waals surface area contributed by atoms with Crippen molar-refractivity contribution in [3.05, 3.63) is 27.2 Å². The lowest BCUT2D eigenvalue weighted by Gasteiger charge is -2.14. The number of hydrogen-bond acceptors (Lipinski definition) is 3. The van der Waals surface area contributed by atoms with Crippen molar-refractivity contribution in [2.75, 3.05) is 0 Å². The number of nitrogens with one attached hydrogen (secondary N) is 1. The van der Waals surface area contributed by atoms with E-state index in [0.717, 1.165) is 12.8 Å². The number of benzene rings is 1. The van der Waals surface area contributed by atoms with Gasteiger partial charge in [-0.05, 0) is 41.4 Å². The average molecular weight is 403 g/mol. The van der Waals surface area contributed by atoms with E-state index in [1.54, 1.807) is 0 Å². The molecule has 0 aromatic heterocycles. The van der Waals surface area contributed by atoms with E-state index in [1.165, 1.54) is 12.1 Å². The molecule has 0 fully saturated rings. The molecule has 1 aromatic rings. The maximum atomic E-state index is 12.1. The van der Waals surface area contributed by atoms with Gasteiger partial charge in [0.25, 0.3) is 15.0 Å². The average Bonchev–Trinajstić information content (AvgIpc) is 2.26. The minimum atomic E-state index is -3.96. The van der Waals surface area contributed by atoms with Gasteiger partial charge in [-0.1, -0.05) is 24.9 Å². The summed E-state index contributed by atoms with van der Waals surface area (Å²) in [5.41, 5.74) is 0.0806. The minimum Gasteiger partial charge on any atom is -0.350 e. The van der Waals surface area contributed by atoms with E-state index >= 15 is 0 Å². The van der Waals surface area contributed by atoms with Crippen LogP contribution in [0.25, 0.3) is 0 Å². The molecule has 0 aliphatic rings. The highest BCUT2D eigenvalue weighted by atomic mass is 79.9. The second-order valence-electron chi connectivity index (χ2n) is 4.36. The summed E-state index contributed by atoms with van der Waals surface area (Å²) in [7, 11) is 1.36. The van der Waals surface area contributed by atoms with Crippen LogP contribution in [0.4, 0.5) is 0 Å². The van der Waals surface area contributed by atoms with Gasteiger partial charge in [-0.2, -0.15) is 0 Å². The molecule has 0 saturated heterocycles. The van der Waals surface area contributed by atoms with E-state index in [4.69, 9.17) is 22.3 Å². The van der Waals surface area contributed by atoms with Crippen molar-refractivity contribution in [1.82, 2.24) is 5.32 Å². The molecule has 1 rings (SSSR count). The van der Waals surface area contributed by atoms with E-state index in [2.05, 4.69) is 21.2 Å². The predicted octanol–water partition coefficient (Wildman–Crippen LogP) is 3.95. The number of carbonyl (C=O) groups excluding carboxylic acids is 1. The predicted molar refractivity (Wildman–Crippen MR) is 84.0 cm³/mol. The fourth-order valence-corrected chi connectivity index (χ4v) is 4.27. The van der Waals surface area contributed by atoms with Gasteiger partial charge in [-0.25, -0.2) is 8.42 Å². The highest BCUT2D eigenvalue weighted by Gasteiger charge is 2.21. The van der Waals surface area contributed by atoms with Crippen LogP contribution in [0, 0.1) is 0 Å². The summed E-state index contributed by atoms with van der Waals surface area (Å²) in [6, 6.07) is 2.49. The summed E-state index contributed by atoms with van der Waals surface area (Å²) in [6.45, 7) is 3.88. The van der Waals surface area contributed by atoms with E-state index in [1.807, 2.05) is 13.8 Å². The number of amides is 1. The van der Waals surface area contributed by atoms with Crippen LogP contribution in [-0.4, -0.2) is 20.4 Å². The summed E-state index contributed by atoms with van der Waals surface area (Å²) >= 11 is 9.04. The molecular formula is C12H14BrCl2NO3S. The van der Waals surface area contributed by atoms with Crippen molar-refractivity contribution in [2.45, 2.75) is 37.6 Å². The second-order valence-corrected chi connectivity index (χ2v) is 8.16.